The molecule has 2 aromatic carbocycles. The smallest absolute Gasteiger partial charge is 0.272 e. The van der Waals surface area contributed by atoms with Gasteiger partial charge in [-0.2, -0.15) is 5.10 Å². The molecule has 1 aliphatic carbocycles. The van der Waals surface area contributed by atoms with Crippen molar-refractivity contribution in [2.75, 3.05) is 6.54 Å². The molecule has 3 aromatic rings. The lowest BCUT2D eigenvalue weighted by molar-refractivity contribution is 0.0699. The number of nitrogens with zero attached hydrogens (tertiary/aromatic N) is 3. The summed E-state index contributed by atoms with van der Waals surface area (Å²) in [6.07, 6.45) is 3.22. The van der Waals surface area contributed by atoms with Gasteiger partial charge in [0.25, 0.3) is 5.91 Å². The predicted molar refractivity (Wildman–Crippen MR) is 130 cm³/mol. The summed E-state index contributed by atoms with van der Waals surface area (Å²) in [6.45, 7) is 7.73. The predicted octanol–water partition coefficient (Wildman–Crippen LogP) is 6.89. The van der Waals surface area contributed by atoms with Crippen LogP contribution >= 0.6 is 23.2 Å². The van der Waals surface area contributed by atoms with E-state index in [0.717, 1.165) is 37.1 Å². The van der Waals surface area contributed by atoms with Crippen LogP contribution in [0.25, 0.3) is 16.9 Å². The van der Waals surface area contributed by atoms with Gasteiger partial charge in [-0.25, -0.2) is 4.68 Å². The molecule has 2 aliphatic rings. The van der Waals surface area contributed by atoms with Crippen molar-refractivity contribution in [3.8, 4) is 16.9 Å². The highest BCUT2D eigenvalue weighted by Gasteiger charge is 2.51. The van der Waals surface area contributed by atoms with Gasteiger partial charge in [-0.3, -0.25) is 4.79 Å². The van der Waals surface area contributed by atoms with Crippen LogP contribution in [-0.4, -0.2) is 33.2 Å². The van der Waals surface area contributed by atoms with Gasteiger partial charge < -0.3 is 4.90 Å². The number of aromatic nitrogens is 2. The van der Waals surface area contributed by atoms with Crippen LogP contribution in [0.2, 0.25) is 10.0 Å². The maximum Gasteiger partial charge on any atom is 0.272 e. The Bertz CT molecular complexity index is 1200. The summed E-state index contributed by atoms with van der Waals surface area (Å²) in [5.41, 5.74) is 3.17. The topological polar surface area (TPSA) is 38.1 Å². The molecule has 1 aromatic heterocycles. The molecular weight excluding hydrogens is 441 g/mol. The number of hydrogen-bond donors (Lipinski definition) is 0. The number of benzene rings is 2. The molecular formula is C26H27Cl2N3O. The molecule has 2 fully saturated rings. The molecule has 32 heavy (non-hydrogen) atoms. The fourth-order valence-corrected chi connectivity index (χ4v) is 6.40. The second-order valence-corrected chi connectivity index (χ2v) is 11.3. The summed E-state index contributed by atoms with van der Waals surface area (Å²) in [7, 11) is 0. The standard InChI is InChI=1S/C26H27Cl2N3O/c1-25(2)13-19-14-26(3,15-25)16-30(19)24(32)23-12-22(20-9-4-5-10-21(20)28)29-31(23)18-8-6-7-17(27)11-18/h4-12,19H,13-16H2,1-3H3. The number of halogens is 2. The molecule has 2 heterocycles. The van der Waals surface area contributed by atoms with Gasteiger partial charge in [0.05, 0.1) is 16.4 Å². The Morgan fingerprint density at radius 2 is 1.81 bits per heavy atom. The maximum atomic E-state index is 14.0. The molecule has 1 saturated carbocycles. The fraction of sp³-hybridized carbons (Fsp3) is 0.385. The Hall–Kier alpha value is -2.30. The van der Waals surface area contributed by atoms with Crippen molar-refractivity contribution < 1.29 is 4.79 Å². The minimum Gasteiger partial charge on any atom is -0.334 e. The van der Waals surface area contributed by atoms with Crippen LogP contribution in [0.4, 0.5) is 0 Å². The number of hydrogen-bond acceptors (Lipinski definition) is 2. The van der Waals surface area contributed by atoms with E-state index in [0.29, 0.717) is 21.4 Å². The van der Waals surface area contributed by atoms with E-state index >= 15 is 0 Å². The second-order valence-electron chi connectivity index (χ2n) is 10.4. The third-order valence-corrected chi connectivity index (χ3v) is 7.37. The first kappa shape index (κ1) is 21.5. The molecule has 2 atom stereocenters. The van der Waals surface area contributed by atoms with E-state index in [-0.39, 0.29) is 22.8 Å². The fourth-order valence-electron chi connectivity index (χ4n) is 5.98. The average Bonchev–Trinajstić information content (AvgIpc) is 3.26. The van der Waals surface area contributed by atoms with Crippen molar-refractivity contribution in [3.63, 3.8) is 0 Å². The van der Waals surface area contributed by atoms with Crippen LogP contribution in [0.5, 0.6) is 0 Å². The van der Waals surface area contributed by atoms with Gasteiger partial charge in [-0.1, -0.05) is 68.2 Å². The summed E-state index contributed by atoms with van der Waals surface area (Å²) in [4.78, 5) is 16.0. The molecule has 2 bridgehead atoms. The first-order valence-corrected chi connectivity index (χ1v) is 11.8. The first-order chi connectivity index (χ1) is 15.1. The minimum absolute atomic E-state index is 0.0159. The Morgan fingerprint density at radius 3 is 2.56 bits per heavy atom. The number of rotatable bonds is 3. The van der Waals surface area contributed by atoms with Crippen molar-refractivity contribution in [1.29, 1.82) is 0 Å². The molecule has 1 aliphatic heterocycles. The van der Waals surface area contributed by atoms with E-state index < -0.39 is 0 Å². The summed E-state index contributed by atoms with van der Waals surface area (Å²) in [6, 6.07) is 17.1. The van der Waals surface area contributed by atoms with Gasteiger partial charge in [0.2, 0.25) is 0 Å². The lowest BCUT2D eigenvalue weighted by Gasteiger charge is -2.39. The summed E-state index contributed by atoms with van der Waals surface area (Å²) < 4.78 is 1.71. The SMILES string of the molecule is CC1(C)CC2CC(C)(CN2C(=O)c2cc(-c3ccccc3Cl)nn2-c2cccc(Cl)c2)C1. The third-order valence-electron chi connectivity index (χ3n) is 6.81. The molecule has 1 amide bonds. The third kappa shape index (κ3) is 3.84. The molecule has 5 rings (SSSR count). The van der Waals surface area contributed by atoms with Gasteiger partial charge in [0.15, 0.2) is 0 Å². The molecule has 4 nitrogen and oxygen atoms in total. The summed E-state index contributed by atoms with van der Waals surface area (Å²) in [5.74, 6) is 0.0159. The molecule has 0 spiro atoms. The van der Waals surface area contributed by atoms with E-state index in [1.54, 1.807) is 4.68 Å². The van der Waals surface area contributed by atoms with Crippen molar-refractivity contribution in [1.82, 2.24) is 14.7 Å². The summed E-state index contributed by atoms with van der Waals surface area (Å²) in [5, 5.41) is 6.01. The zero-order valence-corrected chi connectivity index (χ0v) is 20.1. The van der Waals surface area contributed by atoms with E-state index in [2.05, 4.69) is 25.7 Å². The largest absolute Gasteiger partial charge is 0.334 e. The van der Waals surface area contributed by atoms with Crippen LogP contribution in [0.3, 0.4) is 0 Å². The monoisotopic (exact) mass is 467 g/mol. The Labute approximate surface area is 199 Å². The second kappa shape index (κ2) is 7.64. The molecule has 2 unspecified atom stereocenters. The van der Waals surface area contributed by atoms with Gasteiger partial charge in [0, 0.05) is 23.2 Å². The summed E-state index contributed by atoms with van der Waals surface area (Å²) >= 11 is 12.7. The van der Waals surface area contributed by atoms with Crippen LogP contribution in [0, 0.1) is 10.8 Å². The lowest BCUT2D eigenvalue weighted by Crippen LogP contribution is -2.38. The van der Waals surface area contributed by atoms with E-state index in [1.165, 1.54) is 0 Å². The van der Waals surface area contributed by atoms with Crippen LogP contribution < -0.4 is 0 Å². The number of carbonyl (C=O) groups excluding carboxylic acids is 1. The van der Waals surface area contributed by atoms with E-state index in [4.69, 9.17) is 28.3 Å². The minimum atomic E-state index is 0.0159. The lowest BCUT2D eigenvalue weighted by atomic mass is 9.65. The number of likely N-dealkylation sites (tertiary alicyclic amines) is 1. The van der Waals surface area contributed by atoms with Crippen molar-refractivity contribution >= 4 is 29.1 Å². The van der Waals surface area contributed by atoms with Gasteiger partial charge >= 0.3 is 0 Å². The maximum absolute atomic E-state index is 14.0. The van der Waals surface area contributed by atoms with Crippen LogP contribution in [0.15, 0.2) is 54.6 Å². The average molecular weight is 468 g/mol. The van der Waals surface area contributed by atoms with Crippen molar-refractivity contribution in [2.45, 2.75) is 46.1 Å². The zero-order chi connectivity index (χ0) is 22.7. The van der Waals surface area contributed by atoms with Gasteiger partial charge in [-0.05, 0) is 60.4 Å². The molecule has 166 valence electrons. The van der Waals surface area contributed by atoms with Gasteiger partial charge in [0.1, 0.15) is 5.69 Å². The number of carbonyl (C=O) groups is 1. The van der Waals surface area contributed by atoms with E-state index in [1.807, 2.05) is 54.6 Å². The van der Waals surface area contributed by atoms with Crippen molar-refractivity contribution in [2.24, 2.45) is 10.8 Å². The highest BCUT2D eigenvalue weighted by molar-refractivity contribution is 6.33. The molecule has 6 heteroatoms. The zero-order valence-electron chi connectivity index (χ0n) is 18.6. The first-order valence-electron chi connectivity index (χ1n) is 11.1. The number of fused-ring (bicyclic) bond motifs is 2. The molecule has 1 saturated heterocycles. The Balaban J connectivity index is 1.60. The van der Waals surface area contributed by atoms with Crippen LogP contribution in [-0.2, 0) is 0 Å². The van der Waals surface area contributed by atoms with Crippen LogP contribution in [0.1, 0.15) is 50.5 Å². The highest BCUT2D eigenvalue weighted by Crippen LogP contribution is 2.52. The normalized spacial score (nSPS) is 24.0. The Morgan fingerprint density at radius 1 is 1.03 bits per heavy atom. The highest BCUT2D eigenvalue weighted by atomic mass is 35.5. The van der Waals surface area contributed by atoms with Gasteiger partial charge in [-0.15, -0.1) is 0 Å². The molecule has 0 radical (unpaired) electrons. The van der Waals surface area contributed by atoms with E-state index in [9.17, 15) is 4.79 Å². The van der Waals surface area contributed by atoms with Crippen molar-refractivity contribution in [3.05, 3.63) is 70.3 Å². The molecule has 0 N–H and O–H groups in total. The Kier molecular flexibility index (Phi) is 5.14. The quantitative estimate of drug-likeness (QED) is 0.420. The number of amides is 1.